The zero-order valence-corrected chi connectivity index (χ0v) is 16.0. The molecule has 0 saturated carbocycles. The molecular weight excluding hydrogens is 357 g/mol. The van der Waals surface area contributed by atoms with Crippen LogP contribution in [0.3, 0.4) is 0 Å². The average molecular weight is 380 g/mol. The van der Waals surface area contributed by atoms with Gasteiger partial charge in [0, 0.05) is 0 Å². The quantitative estimate of drug-likeness (QED) is 0.402. The second-order valence-corrected chi connectivity index (χ2v) is 8.09. The number of thioether (sulfide) groups is 1. The first-order valence-corrected chi connectivity index (χ1v) is 9.33. The van der Waals surface area contributed by atoms with Crippen LogP contribution in [0.15, 0.2) is 65.3 Å². The van der Waals surface area contributed by atoms with Crippen LogP contribution in [-0.4, -0.2) is 11.3 Å². The second kappa shape index (κ2) is 8.30. The Morgan fingerprint density at radius 1 is 1.08 bits per heavy atom. The van der Waals surface area contributed by atoms with Gasteiger partial charge in [-0.05, 0) is 51.7 Å². The van der Waals surface area contributed by atoms with E-state index in [4.69, 9.17) is 0 Å². The van der Waals surface area contributed by atoms with Crippen molar-refractivity contribution in [2.24, 2.45) is 0 Å². The molecule has 0 aromatic heterocycles. The lowest BCUT2D eigenvalue weighted by Crippen LogP contribution is -2.18. The molecule has 1 aromatic carbocycles. The summed E-state index contributed by atoms with van der Waals surface area (Å²) in [4.78, 5) is 12.1. The largest absolute Gasteiger partial charge is 0.420 e. The van der Waals surface area contributed by atoms with Crippen molar-refractivity contribution in [3.05, 3.63) is 70.8 Å². The summed E-state index contributed by atoms with van der Waals surface area (Å²) < 4.78 is 38.6. The maximum Gasteiger partial charge on any atom is 0.420 e. The van der Waals surface area contributed by atoms with Crippen LogP contribution in [0, 0.1) is 0 Å². The van der Waals surface area contributed by atoms with Crippen LogP contribution in [0.25, 0.3) is 0 Å². The minimum absolute atomic E-state index is 0.377. The summed E-state index contributed by atoms with van der Waals surface area (Å²) in [7, 11) is 0. The summed E-state index contributed by atoms with van der Waals surface area (Å²) in [5, 5.41) is -0.904. The topological polar surface area (TPSA) is 17.1 Å². The van der Waals surface area contributed by atoms with Gasteiger partial charge >= 0.3 is 6.18 Å². The first kappa shape index (κ1) is 20.6. The van der Waals surface area contributed by atoms with Crippen LogP contribution in [0.1, 0.15) is 45.6 Å². The molecule has 0 radical (unpaired) electrons. The van der Waals surface area contributed by atoms with Gasteiger partial charge in [-0.2, -0.15) is 13.2 Å². The SMILES string of the molecule is CC(C)=CCCC=C(C)CC1(c2ccccc2)C=C(C(F)(F)F)C(=O)S1. The van der Waals surface area contributed by atoms with Gasteiger partial charge in [-0.1, -0.05) is 65.4 Å². The van der Waals surface area contributed by atoms with Crippen molar-refractivity contribution in [1.29, 1.82) is 0 Å². The number of hydrogen-bond donors (Lipinski definition) is 0. The summed E-state index contributed by atoms with van der Waals surface area (Å²) in [5.41, 5.74) is 1.89. The molecule has 5 heteroatoms. The predicted molar refractivity (Wildman–Crippen MR) is 102 cm³/mol. The van der Waals surface area contributed by atoms with Gasteiger partial charge in [-0.25, -0.2) is 0 Å². The van der Waals surface area contributed by atoms with Crippen molar-refractivity contribution in [1.82, 2.24) is 0 Å². The summed E-state index contributed by atoms with van der Waals surface area (Å²) in [6.07, 6.45) is 2.77. The second-order valence-electron chi connectivity index (χ2n) is 6.79. The van der Waals surface area contributed by atoms with Crippen molar-refractivity contribution in [2.75, 3.05) is 0 Å². The fraction of sp³-hybridized carbons (Fsp3) is 0.381. The maximum atomic E-state index is 13.2. The zero-order valence-electron chi connectivity index (χ0n) is 15.2. The Morgan fingerprint density at radius 2 is 1.69 bits per heavy atom. The Balaban J connectivity index is 2.33. The van der Waals surface area contributed by atoms with E-state index in [1.807, 2.05) is 26.8 Å². The number of carbonyl (C=O) groups is 1. The van der Waals surface area contributed by atoms with Gasteiger partial charge in [0.25, 0.3) is 0 Å². The van der Waals surface area contributed by atoms with Crippen molar-refractivity contribution < 1.29 is 18.0 Å². The van der Waals surface area contributed by atoms with Crippen LogP contribution < -0.4 is 0 Å². The average Bonchev–Trinajstić information content (AvgIpc) is 2.90. The third-order valence-electron chi connectivity index (χ3n) is 4.19. The van der Waals surface area contributed by atoms with E-state index in [0.29, 0.717) is 6.42 Å². The Bertz CT molecular complexity index is 740. The van der Waals surface area contributed by atoms with Gasteiger partial charge in [-0.15, -0.1) is 0 Å². The van der Waals surface area contributed by atoms with Crippen LogP contribution in [0.5, 0.6) is 0 Å². The number of rotatable bonds is 6. The molecule has 0 N–H and O–H groups in total. The Labute approximate surface area is 157 Å². The molecule has 2 rings (SSSR count). The van der Waals surface area contributed by atoms with Crippen LogP contribution in [0.4, 0.5) is 13.2 Å². The van der Waals surface area contributed by atoms with E-state index in [2.05, 4.69) is 12.2 Å². The number of benzene rings is 1. The Morgan fingerprint density at radius 3 is 2.23 bits per heavy atom. The van der Waals surface area contributed by atoms with E-state index >= 15 is 0 Å². The molecule has 0 fully saturated rings. The van der Waals surface area contributed by atoms with Gasteiger partial charge in [0.05, 0.1) is 4.75 Å². The van der Waals surface area contributed by atoms with Crippen molar-refractivity contribution in [3.8, 4) is 0 Å². The normalized spacial score (nSPS) is 20.9. The highest BCUT2D eigenvalue weighted by molar-refractivity contribution is 8.15. The molecule has 0 bridgehead atoms. The molecule has 0 saturated heterocycles. The molecule has 1 nitrogen and oxygen atoms in total. The maximum absolute atomic E-state index is 13.2. The highest BCUT2D eigenvalue weighted by Crippen LogP contribution is 2.52. The van der Waals surface area contributed by atoms with Gasteiger partial charge in [0.1, 0.15) is 5.57 Å². The number of carbonyl (C=O) groups excluding carboxylic acids is 1. The smallest absolute Gasteiger partial charge is 0.282 e. The minimum atomic E-state index is -4.62. The Kier molecular flexibility index (Phi) is 6.56. The molecule has 0 aliphatic carbocycles. The molecule has 1 aromatic rings. The first-order chi connectivity index (χ1) is 12.1. The number of allylic oxidation sites excluding steroid dienone is 4. The predicted octanol–water partition coefficient (Wildman–Crippen LogP) is 6.73. The summed E-state index contributed by atoms with van der Waals surface area (Å²) in [5.74, 6) is 0. The molecule has 1 aliphatic heterocycles. The van der Waals surface area contributed by atoms with E-state index in [0.717, 1.165) is 41.8 Å². The van der Waals surface area contributed by atoms with Crippen LogP contribution in [0.2, 0.25) is 0 Å². The van der Waals surface area contributed by atoms with Crippen molar-refractivity contribution >= 4 is 16.9 Å². The lowest BCUT2D eigenvalue weighted by molar-refractivity contribution is -0.121. The standard InChI is InChI=1S/C21H23F3OS/c1-15(2)9-7-8-10-16(3)13-20(17-11-5-4-6-12-17)14-18(19(25)26-20)21(22,23)24/h4-6,9-12,14H,7-8,13H2,1-3H3. The molecule has 1 unspecified atom stereocenters. The number of halogens is 3. The zero-order chi connectivity index (χ0) is 19.4. The van der Waals surface area contributed by atoms with Gasteiger partial charge < -0.3 is 0 Å². The molecule has 1 heterocycles. The number of alkyl halides is 3. The first-order valence-electron chi connectivity index (χ1n) is 8.52. The highest BCUT2D eigenvalue weighted by atomic mass is 32.2. The van der Waals surface area contributed by atoms with E-state index in [9.17, 15) is 18.0 Å². The minimum Gasteiger partial charge on any atom is -0.282 e. The number of unbranched alkanes of at least 4 members (excludes halogenated alkanes) is 1. The van der Waals surface area contributed by atoms with Crippen LogP contribution >= 0.6 is 11.8 Å². The van der Waals surface area contributed by atoms with Crippen LogP contribution in [-0.2, 0) is 9.54 Å². The fourth-order valence-corrected chi connectivity index (χ4v) is 4.33. The lowest BCUT2D eigenvalue weighted by Gasteiger charge is -2.27. The van der Waals surface area contributed by atoms with E-state index < -0.39 is 21.6 Å². The highest BCUT2D eigenvalue weighted by Gasteiger charge is 2.49. The van der Waals surface area contributed by atoms with Gasteiger partial charge in [0.15, 0.2) is 0 Å². The van der Waals surface area contributed by atoms with E-state index in [-0.39, 0.29) is 0 Å². The van der Waals surface area contributed by atoms with Crippen molar-refractivity contribution in [2.45, 2.75) is 51.0 Å². The summed E-state index contributed by atoms with van der Waals surface area (Å²) in [6, 6.07) is 8.96. The Hall–Kier alpha value is -1.75. The summed E-state index contributed by atoms with van der Waals surface area (Å²) in [6.45, 7) is 5.98. The molecule has 0 spiro atoms. The van der Waals surface area contributed by atoms with E-state index in [1.165, 1.54) is 5.57 Å². The monoisotopic (exact) mass is 380 g/mol. The molecule has 0 amide bonds. The number of hydrogen-bond acceptors (Lipinski definition) is 2. The lowest BCUT2D eigenvalue weighted by atomic mass is 9.89. The third kappa shape index (κ3) is 5.13. The molecule has 26 heavy (non-hydrogen) atoms. The fourth-order valence-electron chi connectivity index (χ4n) is 2.98. The molecule has 1 atom stereocenters. The van der Waals surface area contributed by atoms with Gasteiger partial charge in [0.2, 0.25) is 5.12 Å². The third-order valence-corrected chi connectivity index (χ3v) is 5.46. The van der Waals surface area contributed by atoms with Crippen molar-refractivity contribution in [3.63, 3.8) is 0 Å². The molecular formula is C21H23F3OS. The van der Waals surface area contributed by atoms with E-state index in [1.54, 1.807) is 24.3 Å². The molecule has 140 valence electrons. The molecule has 1 aliphatic rings. The van der Waals surface area contributed by atoms with Gasteiger partial charge in [-0.3, -0.25) is 4.79 Å². The summed E-state index contributed by atoms with van der Waals surface area (Å²) >= 11 is 0.769.